The molecule has 1 N–H and O–H groups in total. The molecule has 0 fully saturated rings. The van der Waals surface area contributed by atoms with Crippen molar-refractivity contribution in [3.63, 3.8) is 0 Å². The molecule has 0 amide bonds. The Morgan fingerprint density at radius 2 is 1.34 bits per heavy atom. The fourth-order valence-electron chi connectivity index (χ4n) is 2.25. The van der Waals surface area contributed by atoms with Crippen LogP contribution in [0.1, 0.15) is 33.1 Å². The Bertz CT molecular complexity index is 843. The summed E-state index contributed by atoms with van der Waals surface area (Å²) < 4.78 is 15.8. The first-order chi connectivity index (χ1) is 15.4. The zero-order valence-electron chi connectivity index (χ0n) is 18.8. The summed E-state index contributed by atoms with van der Waals surface area (Å²) in [7, 11) is 0. The maximum atomic E-state index is 11.0. The van der Waals surface area contributed by atoms with E-state index in [2.05, 4.69) is 6.58 Å². The van der Waals surface area contributed by atoms with Gasteiger partial charge in [-0.2, -0.15) is 0 Å². The molecule has 0 aliphatic heterocycles. The number of rotatable bonds is 12. The number of hydrogen-bond acceptors (Lipinski definition) is 5. The van der Waals surface area contributed by atoms with Crippen LogP contribution in [0.2, 0.25) is 0 Å². The minimum atomic E-state index is -0.857. The lowest BCUT2D eigenvalue weighted by molar-refractivity contribution is -0.139. The van der Waals surface area contributed by atoms with Crippen molar-refractivity contribution < 1.29 is 28.9 Å². The molecule has 0 saturated carbocycles. The average Bonchev–Trinajstić information content (AvgIpc) is 2.80. The van der Waals surface area contributed by atoms with E-state index < -0.39 is 5.97 Å². The molecular weight excluding hydrogens is 408 g/mol. The second kappa shape index (κ2) is 16.2. The van der Waals surface area contributed by atoms with Gasteiger partial charge in [0, 0.05) is 17.6 Å². The number of carboxylic acids is 1. The highest BCUT2D eigenvalue weighted by Gasteiger charge is 2.02. The Morgan fingerprint density at radius 1 is 0.844 bits per heavy atom. The minimum absolute atomic E-state index is 0.347. The second-order valence-electron chi connectivity index (χ2n) is 6.93. The van der Waals surface area contributed by atoms with Crippen molar-refractivity contribution in [3.05, 3.63) is 84.5 Å². The quantitative estimate of drug-likeness (QED) is 0.268. The topological polar surface area (TPSA) is 82.1 Å². The van der Waals surface area contributed by atoms with Crippen molar-refractivity contribution in [2.75, 3.05) is 19.8 Å². The third kappa shape index (κ3) is 12.9. The van der Waals surface area contributed by atoms with E-state index in [-0.39, 0.29) is 5.97 Å². The highest BCUT2D eigenvalue weighted by atomic mass is 16.5. The zero-order valence-corrected chi connectivity index (χ0v) is 18.8. The number of benzene rings is 2. The number of esters is 1. The summed E-state index contributed by atoms with van der Waals surface area (Å²) in [6.45, 7) is 8.22. The van der Waals surface area contributed by atoms with Gasteiger partial charge in [-0.15, -0.1) is 0 Å². The maximum Gasteiger partial charge on any atom is 0.333 e. The number of aliphatic carboxylic acids is 1. The molecule has 172 valence electrons. The van der Waals surface area contributed by atoms with Crippen molar-refractivity contribution in [3.8, 4) is 11.5 Å². The number of unbranched alkanes of at least 4 members (excludes halogenated alkanes) is 1. The summed E-state index contributed by atoms with van der Waals surface area (Å²) in [4.78, 5) is 21.5. The molecule has 6 heteroatoms. The van der Waals surface area contributed by atoms with E-state index in [1.807, 2.05) is 60.7 Å². The summed E-state index contributed by atoms with van der Waals surface area (Å²) in [6, 6.07) is 19.1. The molecule has 0 saturated heterocycles. The summed E-state index contributed by atoms with van der Waals surface area (Å²) in [5.74, 6) is 0.471. The molecular formula is C26H32O6. The van der Waals surface area contributed by atoms with Crippen LogP contribution in [0.15, 0.2) is 84.5 Å². The highest BCUT2D eigenvalue weighted by Crippen LogP contribution is 2.09. The first kappa shape index (κ1) is 26.5. The van der Waals surface area contributed by atoms with Crippen molar-refractivity contribution >= 4 is 11.9 Å². The third-order valence-corrected chi connectivity index (χ3v) is 4.03. The van der Waals surface area contributed by atoms with E-state index in [0.29, 0.717) is 37.4 Å². The molecule has 0 bridgehead atoms. The molecule has 0 atom stereocenters. The van der Waals surface area contributed by atoms with Gasteiger partial charge in [0.2, 0.25) is 0 Å². The predicted octanol–water partition coefficient (Wildman–Crippen LogP) is 5.45. The molecule has 0 aromatic heterocycles. The summed E-state index contributed by atoms with van der Waals surface area (Å²) in [5, 5.41) is 8.62. The van der Waals surface area contributed by atoms with Crippen LogP contribution in [0.3, 0.4) is 0 Å². The number of ether oxygens (including phenoxy) is 3. The first-order valence-corrected chi connectivity index (χ1v) is 10.5. The predicted molar refractivity (Wildman–Crippen MR) is 125 cm³/mol. The van der Waals surface area contributed by atoms with Crippen molar-refractivity contribution in [1.82, 2.24) is 0 Å². The SMILES string of the molecule is C=C(C)C(=O)OCCCOc1ccccc1.CC(=CCCCOc1ccccc1)C(=O)O. The number of carbonyl (C=O) groups is 2. The van der Waals surface area contributed by atoms with Crippen LogP contribution >= 0.6 is 0 Å². The molecule has 0 aliphatic carbocycles. The molecule has 32 heavy (non-hydrogen) atoms. The standard InChI is InChI=1S/2C13H16O3/c1-11(2)13(14)16-10-6-9-15-12-7-4-3-5-8-12;1-11(13(14)15)7-5-6-10-16-12-8-3-2-4-9-12/h3-5,7-8H,1,6,9-10H2,2H3;2-4,7-9H,5-6,10H2,1H3,(H,14,15). The van der Waals surface area contributed by atoms with Crippen molar-refractivity contribution in [2.45, 2.75) is 33.1 Å². The van der Waals surface area contributed by atoms with Gasteiger partial charge in [0.05, 0.1) is 19.8 Å². The molecule has 0 spiro atoms. The maximum absolute atomic E-state index is 11.0. The van der Waals surface area contributed by atoms with Gasteiger partial charge >= 0.3 is 11.9 Å². The third-order valence-electron chi connectivity index (χ3n) is 4.03. The van der Waals surface area contributed by atoms with Crippen LogP contribution in [0.25, 0.3) is 0 Å². The van der Waals surface area contributed by atoms with E-state index in [0.717, 1.165) is 24.3 Å². The molecule has 0 aliphatic rings. The van der Waals surface area contributed by atoms with Crippen LogP contribution < -0.4 is 9.47 Å². The monoisotopic (exact) mass is 440 g/mol. The first-order valence-electron chi connectivity index (χ1n) is 10.5. The van der Waals surface area contributed by atoms with Gasteiger partial charge in [-0.05, 0) is 51.0 Å². The average molecular weight is 441 g/mol. The summed E-state index contributed by atoms with van der Waals surface area (Å²) in [6.07, 6.45) is 3.94. The molecule has 0 unspecified atom stereocenters. The van der Waals surface area contributed by atoms with Gasteiger partial charge in [0.25, 0.3) is 0 Å². The lowest BCUT2D eigenvalue weighted by Crippen LogP contribution is -2.09. The van der Waals surface area contributed by atoms with Crippen molar-refractivity contribution in [1.29, 1.82) is 0 Å². The van der Waals surface area contributed by atoms with Crippen LogP contribution in [0, 0.1) is 0 Å². The van der Waals surface area contributed by atoms with E-state index >= 15 is 0 Å². The van der Waals surface area contributed by atoms with Gasteiger partial charge in [0.15, 0.2) is 0 Å². The smallest absolute Gasteiger partial charge is 0.333 e. The normalized spacial score (nSPS) is 10.4. The number of carbonyl (C=O) groups excluding carboxylic acids is 1. The van der Waals surface area contributed by atoms with Crippen LogP contribution in [-0.2, 0) is 14.3 Å². The number of hydrogen-bond donors (Lipinski definition) is 1. The molecule has 0 radical (unpaired) electrons. The zero-order chi connectivity index (χ0) is 23.6. The second-order valence-corrected chi connectivity index (χ2v) is 6.93. The molecule has 2 aromatic rings. The lowest BCUT2D eigenvalue weighted by atomic mass is 10.2. The Morgan fingerprint density at radius 3 is 1.81 bits per heavy atom. The number of para-hydroxylation sites is 2. The van der Waals surface area contributed by atoms with Gasteiger partial charge < -0.3 is 19.3 Å². The summed E-state index contributed by atoms with van der Waals surface area (Å²) in [5.41, 5.74) is 0.809. The Labute approximate surface area is 190 Å². The van der Waals surface area contributed by atoms with Crippen LogP contribution in [0.5, 0.6) is 11.5 Å². The van der Waals surface area contributed by atoms with Gasteiger partial charge in [-0.3, -0.25) is 0 Å². The van der Waals surface area contributed by atoms with E-state index in [4.69, 9.17) is 19.3 Å². The van der Waals surface area contributed by atoms with Crippen LogP contribution in [-0.4, -0.2) is 36.9 Å². The van der Waals surface area contributed by atoms with Gasteiger partial charge in [0.1, 0.15) is 11.5 Å². The molecule has 0 heterocycles. The summed E-state index contributed by atoms with van der Waals surface area (Å²) >= 11 is 0. The molecule has 2 rings (SSSR count). The lowest BCUT2D eigenvalue weighted by Gasteiger charge is -2.06. The Kier molecular flexibility index (Phi) is 13.4. The Hall–Kier alpha value is -3.54. The molecule has 2 aromatic carbocycles. The van der Waals surface area contributed by atoms with E-state index in [1.54, 1.807) is 19.9 Å². The Balaban J connectivity index is 0.000000320. The van der Waals surface area contributed by atoms with Crippen molar-refractivity contribution in [2.24, 2.45) is 0 Å². The number of carboxylic acid groups (broad SMARTS) is 1. The van der Waals surface area contributed by atoms with Gasteiger partial charge in [-0.1, -0.05) is 49.1 Å². The van der Waals surface area contributed by atoms with Gasteiger partial charge in [-0.25, -0.2) is 9.59 Å². The van der Waals surface area contributed by atoms with Crippen LogP contribution in [0.4, 0.5) is 0 Å². The van der Waals surface area contributed by atoms with E-state index in [9.17, 15) is 9.59 Å². The largest absolute Gasteiger partial charge is 0.494 e. The van der Waals surface area contributed by atoms with E-state index in [1.165, 1.54) is 0 Å². The minimum Gasteiger partial charge on any atom is -0.494 e. The fraction of sp³-hybridized carbons (Fsp3) is 0.308. The highest BCUT2D eigenvalue weighted by molar-refractivity contribution is 5.87. The fourth-order valence-corrected chi connectivity index (χ4v) is 2.25. The molecule has 6 nitrogen and oxygen atoms in total. The number of allylic oxidation sites excluding steroid dienone is 1.